The lowest BCUT2D eigenvalue weighted by molar-refractivity contribution is 0.0115. The summed E-state index contributed by atoms with van der Waals surface area (Å²) in [5.41, 5.74) is 6.66. The molecule has 0 aliphatic carbocycles. The summed E-state index contributed by atoms with van der Waals surface area (Å²) in [5, 5.41) is 0. The smallest absolute Gasteiger partial charge is 0.137 e. The van der Waals surface area contributed by atoms with E-state index in [2.05, 4.69) is 35.4 Å². The molecule has 174 valence electrons. The van der Waals surface area contributed by atoms with E-state index in [4.69, 9.17) is 19.5 Å². The molecule has 6 nitrogen and oxygen atoms in total. The zero-order valence-electron chi connectivity index (χ0n) is 19.8. The van der Waals surface area contributed by atoms with Gasteiger partial charge in [-0.05, 0) is 48.6 Å². The summed E-state index contributed by atoms with van der Waals surface area (Å²) in [6.07, 6.45) is 5.90. The Balaban J connectivity index is 1.42. The minimum Gasteiger partial charge on any atom is -0.497 e. The Hall–Kier alpha value is -2.70. The summed E-state index contributed by atoms with van der Waals surface area (Å²) in [4.78, 5) is 15.0. The van der Waals surface area contributed by atoms with Crippen molar-refractivity contribution in [1.82, 2.24) is 9.88 Å². The molecule has 0 unspecified atom stereocenters. The molecule has 4 heterocycles. The van der Waals surface area contributed by atoms with Crippen LogP contribution in [0.25, 0.3) is 5.57 Å². The van der Waals surface area contributed by atoms with Crippen LogP contribution < -0.4 is 9.64 Å². The first-order valence-corrected chi connectivity index (χ1v) is 12.2. The van der Waals surface area contributed by atoms with Gasteiger partial charge < -0.3 is 14.4 Å². The standard InChI is InChI=1S/C27H34N4O2/c1-4-20-17-22(32-3)18-25-26(20)19(2)16-24(29-25)23-6-5-9-28-27(23)31-10-7-21(8-11-31)30-12-14-33-15-13-30/h5-6,9,17-18,21H,2,4,7-8,10-16H2,1,3H3. The van der Waals surface area contributed by atoms with Crippen molar-refractivity contribution in [2.45, 2.75) is 38.6 Å². The molecule has 3 aliphatic heterocycles. The number of methoxy groups -OCH3 is 1. The molecule has 0 atom stereocenters. The van der Waals surface area contributed by atoms with Crippen molar-refractivity contribution in [3.8, 4) is 5.75 Å². The van der Waals surface area contributed by atoms with Crippen LogP contribution in [0.5, 0.6) is 5.75 Å². The van der Waals surface area contributed by atoms with Crippen LogP contribution in [0.15, 0.2) is 42.0 Å². The maximum atomic E-state index is 5.55. The second-order valence-corrected chi connectivity index (χ2v) is 9.11. The van der Waals surface area contributed by atoms with Crippen molar-refractivity contribution in [2.75, 3.05) is 51.4 Å². The topological polar surface area (TPSA) is 50.2 Å². The molecule has 3 aliphatic rings. The molecule has 0 N–H and O–H groups in total. The summed E-state index contributed by atoms with van der Waals surface area (Å²) < 4.78 is 11.1. The number of anilines is 1. The molecule has 0 radical (unpaired) electrons. The van der Waals surface area contributed by atoms with E-state index in [1.807, 2.05) is 18.3 Å². The lowest BCUT2D eigenvalue weighted by Gasteiger charge is -2.40. The largest absolute Gasteiger partial charge is 0.497 e. The third-order valence-electron chi connectivity index (χ3n) is 7.20. The number of fused-ring (bicyclic) bond motifs is 1. The highest BCUT2D eigenvalue weighted by Crippen LogP contribution is 2.41. The number of benzene rings is 1. The van der Waals surface area contributed by atoms with Gasteiger partial charge in [0, 0.05) is 62.0 Å². The Kier molecular flexibility index (Phi) is 6.47. The van der Waals surface area contributed by atoms with Crippen LogP contribution in [-0.2, 0) is 11.2 Å². The summed E-state index contributed by atoms with van der Waals surface area (Å²) in [6.45, 7) is 12.5. The third kappa shape index (κ3) is 4.42. The van der Waals surface area contributed by atoms with Crippen LogP contribution in [0, 0.1) is 0 Å². The maximum absolute atomic E-state index is 5.55. The minimum absolute atomic E-state index is 0.649. The first-order chi connectivity index (χ1) is 16.2. The summed E-state index contributed by atoms with van der Waals surface area (Å²) in [6, 6.07) is 8.97. The molecule has 6 heteroatoms. The summed E-state index contributed by atoms with van der Waals surface area (Å²) >= 11 is 0. The van der Waals surface area contributed by atoms with Gasteiger partial charge in [0.25, 0.3) is 0 Å². The number of hydrogen-bond acceptors (Lipinski definition) is 6. The average Bonchev–Trinajstić information content (AvgIpc) is 2.88. The van der Waals surface area contributed by atoms with Gasteiger partial charge in [-0.3, -0.25) is 9.89 Å². The van der Waals surface area contributed by atoms with E-state index in [1.54, 1.807) is 7.11 Å². The lowest BCUT2D eigenvalue weighted by atomic mass is 9.89. The van der Waals surface area contributed by atoms with Crippen LogP contribution in [-0.4, -0.2) is 68.1 Å². The summed E-state index contributed by atoms with van der Waals surface area (Å²) in [7, 11) is 1.71. The fourth-order valence-electron chi connectivity index (χ4n) is 5.44. The second-order valence-electron chi connectivity index (χ2n) is 9.11. The quantitative estimate of drug-likeness (QED) is 0.677. The molecule has 2 fully saturated rings. The normalized spacial score (nSPS) is 19.9. The number of rotatable bonds is 5. The van der Waals surface area contributed by atoms with E-state index in [9.17, 15) is 0 Å². The molecule has 2 saturated heterocycles. The van der Waals surface area contributed by atoms with Crippen molar-refractivity contribution in [3.63, 3.8) is 0 Å². The van der Waals surface area contributed by atoms with Gasteiger partial charge in [0.1, 0.15) is 11.6 Å². The van der Waals surface area contributed by atoms with Crippen LogP contribution in [0.4, 0.5) is 11.5 Å². The van der Waals surface area contributed by atoms with Crippen molar-refractivity contribution in [1.29, 1.82) is 0 Å². The van der Waals surface area contributed by atoms with Crippen LogP contribution >= 0.6 is 0 Å². The number of morpholine rings is 1. The average molecular weight is 447 g/mol. The number of pyridine rings is 1. The van der Waals surface area contributed by atoms with E-state index in [0.717, 1.165) is 99.2 Å². The van der Waals surface area contributed by atoms with Gasteiger partial charge >= 0.3 is 0 Å². The Morgan fingerprint density at radius 1 is 1.15 bits per heavy atom. The molecule has 0 amide bonds. The Morgan fingerprint density at radius 3 is 2.67 bits per heavy atom. The van der Waals surface area contributed by atoms with Crippen LogP contribution in [0.2, 0.25) is 0 Å². The SMILES string of the molecule is C=C1CC(c2cccnc2N2CCC(N3CCOCC3)CC2)=Nc2cc(OC)cc(CC)c21. The molecule has 1 aromatic carbocycles. The molecule has 5 rings (SSSR count). The highest BCUT2D eigenvalue weighted by molar-refractivity contribution is 6.13. The van der Waals surface area contributed by atoms with Gasteiger partial charge in [0.15, 0.2) is 0 Å². The van der Waals surface area contributed by atoms with E-state index < -0.39 is 0 Å². The van der Waals surface area contributed by atoms with Crippen molar-refractivity contribution < 1.29 is 9.47 Å². The number of allylic oxidation sites excluding steroid dienone is 1. The van der Waals surface area contributed by atoms with E-state index in [0.29, 0.717) is 6.04 Å². The zero-order chi connectivity index (χ0) is 22.8. The minimum atomic E-state index is 0.649. The maximum Gasteiger partial charge on any atom is 0.137 e. The fourth-order valence-corrected chi connectivity index (χ4v) is 5.44. The van der Waals surface area contributed by atoms with Gasteiger partial charge in [0.2, 0.25) is 0 Å². The van der Waals surface area contributed by atoms with Crippen LogP contribution in [0.1, 0.15) is 42.9 Å². The molecular weight excluding hydrogens is 412 g/mol. The highest BCUT2D eigenvalue weighted by atomic mass is 16.5. The lowest BCUT2D eigenvalue weighted by Crippen LogP contribution is -2.49. The van der Waals surface area contributed by atoms with Gasteiger partial charge in [-0.1, -0.05) is 13.5 Å². The predicted molar refractivity (Wildman–Crippen MR) is 134 cm³/mol. The molecule has 0 saturated carbocycles. The van der Waals surface area contributed by atoms with E-state index in [-0.39, 0.29) is 0 Å². The molecule has 33 heavy (non-hydrogen) atoms. The van der Waals surface area contributed by atoms with Gasteiger partial charge in [-0.15, -0.1) is 0 Å². The number of aryl methyl sites for hydroxylation is 1. The third-order valence-corrected chi connectivity index (χ3v) is 7.20. The van der Waals surface area contributed by atoms with Crippen molar-refractivity contribution >= 4 is 22.8 Å². The van der Waals surface area contributed by atoms with Crippen molar-refractivity contribution in [3.05, 3.63) is 53.7 Å². The zero-order valence-corrected chi connectivity index (χ0v) is 19.8. The van der Waals surface area contributed by atoms with E-state index in [1.165, 1.54) is 11.1 Å². The first-order valence-electron chi connectivity index (χ1n) is 12.2. The molecular formula is C27H34N4O2. The van der Waals surface area contributed by atoms with Gasteiger partial charge in [0.05, 0.1) is 31.7 Å². The molecule has 1 aromatic heterocycles. The second kappa shape index (κ2) is 9.65. The number of ether oxygens (including phenoxy) is 2. The van der Waals surface area contributed by atoms with E-state index >= 15 is 0 Å². The number of piperidine rings is 1. The molecule has 0 bridgehead atoms. The molecule has 0 spiro atoms. The Labute approximate surface area is 196 Å². The van der Waals surface area contributed by atoms with Crippen molar-refractivity contribution in [2.24, 2.45) is 4.99 Å². The number of aromatic nitrogens is 1. The molecule has 2 aromatic rings. The first kappa shape index (κ1) is 22.1. The Bertz CT molecular complexity index is 1050. The fraction of sp³-hybridized carbons (Fsp3) is 0.481. The highest BCUT2D eigenvalue weighted by Gasteiger charge is 2.29. The Morgan fingerprint density at radius 2 is 1.94 bits per heavy atom. The number of aliphatic imine (C=N–C) groups is 1. The van der Waals surface area contributed by atoms with Crippen LogP contribution in [0.3, 0.4) is 0 Å². The predicted octanol–water partition coefficient (Wildman–Crippen LogP) is 4.49. The van der Waals surface area contributed by atoms with Gasteiger partial charge in [-0.25, -0.2) is 4.98 Å². The number of hydrogen-bond donors (Lipinski definition) is 0. The monoisotopic (exact) mass is 446 g/mol. The van der Waals surface area contributed by atoms with Gasteiger partial charge in [-0.2, -0.15) is 0 Å². The summed E-state index contributed by atoms with van der Waals surface area (Å²) in [5.74, 6) is 1.89. The number of nitrogens with zero attached hydrogens (tertiary/aromatic N) is 4.